The predicted octanol–water partition coefficient (Wildman–Crippen LogP) is 13.7. The van der Waals surface area contributed by atoms with Crippen molar-refractivity contribution in [2.45, 2.75) is 82.1 Å². The molecule has 2 heterocycles. The summed E-state index contributed by atoms with van der Waals surface area (Å²) in [5.41, 5.74) is -3.39. The molecular weight excluding hydrogens is 1010 g/mol. The third-order valence-corrected chi connectivity index (χ3v) is 12.1. The molecule has 0 spiro atoms. The van der Waals surface area contributed by atoms with Crippen LogP contribution in [0.1, 0.15) is 92.6 Å². The van der Waals surface area contributed by atoms with Crippen molar-refractivity contribution in [2.24, 2.45) is 10.3 Å². The van der Waals surface area contributed by atoms with Gasteiger partial charge >= 0.3 is 18.5 Å². The van der Waals surface area contributed by atoms with E-state index in [0.29, 0.717) is 28.7 Å². The molecule has 4 aromatic carbocycles. The second-order valence-electron chi connectivity index (χ2n) is 15.5. The predicted molar refractivity (Wildman–Crippen MR) is 240 cm³/mol. The van der Waals surface area contributed by atoms with Gasteiger partial charge in [0, 0.05) is 74.4 Å². The maximum absolute atomic E-state index is 14.1. The van der Waals surface area contributed by atoms with Gasteiger partial charge in [-0.05, 0) is 103 Å². The van der Waals surface area contributed by atoms with Gasteiger partial charge in [-0.3, -0.25) is 14.4 Å². The lowest BCUT2D eigenvalue weighted by Gasteiger charge is -2.29. The van der Waals surface area contributed by atoms with Crippen molar-refractivity contribution in [1.29, 1.82) is 0 Å². The maximum atomic E-state index is 14.1. The van der Waals surface area contributed by atoms with Gasteiger partial charge in [0.15, 0.2) is 11.6 Å². The number of amides is 1. The molecule has 67 heavy (non-hydrogen) atoms. The SMILES string of the molecule is CSCCCC(=O)c1ccc(C2=NOC(c3cc(Cl)cc(Cl)c3)(C(F)(F)F)C2)cc1C.Cc1cc(C2=NOC(c3cc(Cl)cc(Cl)c3)(C(F)(F)F)C2)ccc1C(=O)CCC(=O)NCC(F)(F)F. The van der Waals surface area contributed by atoms with Gasteiger partial charge in [-0.15, -0.1) is 0 Å². The normalized spacial score (nSPS) is 18.3. The van der Waals surface area contributed by atoms with Crippen LogP contribution in [0.4, 0.5) is 39.5 Å². The summed E-state index contributed by atoms with van der Waals surface area (Å²) >= 11 is 25.3. The van der Waals surface area contributed by atoms with Gasteiger partial charge in [0.05, 0.1) is 11.4 Å². The number of carbonyl (C=O) groups excluding carboxylic acids is 3. The number of ketones is 2. The van der Waals surface area contributed by atoms with E-state index in [-0.39, 0.29) is 66.0 Å². The van der Waals surface area contributed by atoms with Crippen LogP contribution in [-0.2, 0) is 25.7 Å². The van der Waals surface area contributed by atoms with Gasteiger partial charge in [0.25, 0.3) is 11.2 Å². The van der Waals surface area contributed by atoms with Crippen LogP contribution in [0.5, 0.6) is 0 Å². The topological polar surface area (TPSA) is 106 Å². The van der Waals surface area contributed by atoms with Gasteiger partial charge in [-0.1, -0.05) is 81.0 Å². The Morgan fingerprint density at radius 2 is 1.03 bits per heavy atom. The van der Waals surface area contributed by atoms with Crippen molar-refractivity contribution in [3.63, 3.8) is 0 Å². The first kappa shape index (κ1) is 53.5. The maximum Gasteiger partial charge on any atom is 0.435 e. The van der Waals surface area contributed by atoms with Gasteiger partial charge < -0.3 is 15.0 Å². The van der Waals surface area contributed by atoms with Gasteiger partial charge in [0.2, 0.25) is 5.91 Å². The van der Waals surface area contributed by atoms with E-state index in [9.17, 15) is 53.9 Å². The van der Waals surface area contributed by atoms with Crippen LogP contribution in [-0.4, -0.2) is 66.0 Å². The molecule has 1 N–H and O–H groups in total. The first-order valence-electron chi connectivity index (χ1n) is 19.9. The van der Waals surface area contributed by atoms with Crippen LogP contribution in [0.15, 0.2) is 83.1 Å². The van der Waals surface area contributed by atoms with Gasteiger partial charge in [-0.2, -0.15) is 51.3 Å². The van der Waals surface area contributed by atoms with Crippen molar-refractivity contribution in [3.05, 3.63) is 137 Å². The Hall–Kier alpha value is -4.49. The molecule has 6 rings (SSSR count). The number of oxime groups is 2. The Morgan fingerprint density at radius 3 is 1.39 bits per heavy atom. The van der Waals surface area contributed by atoms with Crippen molar-refractivity contribution in [2.75, 3.05) is 18.6 Å². The highest BCUT2D eigenvalue weighted by Gasteiger charge is 2.63. The molecule has 2 aliphatic heterocycles. The fourth-order valence-corrected chi connectivity index (χ4v) is 8.65. The molecule has 22 heteroatoms. The number of hydrogen-bond donors (Lipinski definition) is 1. The Bertz CT molecular complexity index is 2550. The van der Waals surface area contributed by atoms with Crippen molar-refractivity contribution in [3.8, 4) is 0 Å². The average molecular weight is 1050 g/mol. The zero-order chi connectivity index (χ0) is 49.7. The van der Waals surface area contributed by atoms with E-state index < -0.39 is 67.2 Å². The second-order valence-corrected chi connectivity index (χ2v) is 18.2. The number of Topliss-reactive ketones (excluding diaryl/α,β-unsaturated/α-hetero) is 2. The summed E-state index contributed by atoms with van der Waals surface area (Å²) < 4.78 is 121. The second kappa shape index (κ2) is 21.4. The van der Waals surface area contributed by atoms with E-state index >= 15 is 0 Å². The number of nitrogens with one attached hydrogen (secondary N) is 1. The molecule has 0 aromatic heterocycles. The zero-order valence-electron chi connectivity index (χ0n) is 35.3. The Balaban J connectivity index is 0.000000254. The van der Waals surface area contributed by atoms with E-state index in [4.69, 9.17) is 56.1 Å². The third-order valence-electron chi connectivity index (χ3n) is 10.6. The minimum atomic E-state index is -4.87. The fourth-order valence-electron chi connectivity index (χ4n) is 7.16. The average Bonchev–Trinajstić information content (AvgIpc) is 3.90. The summed E-state index contributed by atoms with van der Waals surface area (Å²) in [6.07, 6.45) is -13.0. The lowest BCUT2D eigenvalue weighted by atomic mass is 9.86. The number of nitrogens with zero attached hydrogens (tertiary/aromatic N) is 2. The molecular formula is C45H38Cl4F9N3O5S. The molecule has 8 nitrogen and oxygen atoms in total. The van der Waals surface area contributed by atoms with E-state index in [1.807, 2.05) is 6.26 Å². The molecule has 0 radical (unpaired) electrons. The highest BCUT2D eigenvalue weighted by atomic mass is 35.5. The molecule has 0 aliphatic carbocycles. The quantitative estimate of drug-likeness (QED) is 0.0766. The highest BCUT2D eigenvalue weighted by Crippen LogP contribution is 2.51. The fraction of sp³-hybridized carbons (Fsp3) is 0.356. The molecule has 0 fully saturated rings. The molecule has 2 aliphatic rings. The van der Waals surface area contributed by atoms with Gasteiger partial charge in [-0.25, -0.2) is 0 Å². The first-order valence-corrected chi connectivity index (χ1v) is 22.8. The largest absolute Gasteiger partial charge is 0.435 e. The van der Waals surface area contributed by atoms with Crippen LogP contribution >= 0.6 is 58.2 Å². The molecule has 2 atom stereocenters. The number of hydrogen-bond acceptors (Lipinski definition) is 8. The van der Waals surface area contributed by atoms with E-state index in [2.05, 4.69) is 10.3 Å². The van der Waals surface area contributed by atoms with E-state index in [0.717, 1.165) is 24.3 Å². The van der Waals surface area contributed by atoms with Crippen LogP contribution < -0.4 is 5.32 Å². The standard InChI is InChI=1S/C23H18Cl2F6N2O3.C22H20Cl2F3NO2S/c1-12-6-13(2-3-17(12)19(34)4-5-20(35)32-11-22(26,27)28)18-10-21(36-33-18,23(29,30)31)14-7-15(24)9-16(25)8-14;1-13-8-14(5-6-18(13)20(29)4-3-7-31-2)19-12-21(30-28-19,22(25,26)27)15-9-16(23)11-17(24)10-15/h2-3,6-9H,4-5,10-11H2,1H3,(H,32,35);5-6,8-11H,3-4,7,12H2,1-2H3. The lowest BCUT2D eigenvalue weighted by molar-refractivity contribution is -0.276. The van der Waals surface area contributed by atoms with Crippen LogP contribution in [0, 0.1) is 13.8 Å². The molecule has 0 saturated carbocycles. The van der Waals surface area contributed by atoms with Crippen molar-refractivity contribution < 1.29 is 63.6 Å². The minimum absolute atomic E-state index is 0.0102. The Labute approximate surface area is 402 Å². The number of aryl methyl sites for hydroxylation is 2. The summed E-state index contributed by atoms with van der Waals surface area (Å²) in [7, 11) is 0. The molecule has 360 valence electrons. The summed E-state index contributed by atoms with van der Waals surface area (Å²) in [5.74, 6) is -0.536. The number of thioether (sulfide) groups is 1. The summed E-state index contributed by atoms with van der Waals surface area (Å²) in [4.78, 5) is 46.4. The number of rotatable bonds is 14. The molecule has 4 aromatic rings. The number of carbonyl (C=O) groups is 3. The molecule has 1 amide bonds. The smallest absolute Gasteiger partial charge is 0.374 e. The van der Waals surface area contributed by atoms with Gasteiger partial charge in [0.1, 0.15) is 6.54 Å². The highest BCUT2D eigenvalue weighted by molar-refractivity contribution is 7.98. The number of benzene rings is 4. The van der Waals surface area contributed by atoms with E-state index in [1.165, 1.54) is 49.4 Å². The zero-order valence-corrected chi connectivity index (χ0v) is 39.2. The minimum Gasteiger partial charge on any atom is -0.374 e. The molecule has 0 bridgehead atoms. The summed E-state index contributed by atoms with van der Waals surface area (Å²) in [5, 5.41) is 9.22. The Kier molecular flexibility index (Phi) is 17.1. The number of halogens is 13. The molecule has 2 unspecified atom stereocenters. The summed E-state index contributed by atoms with van der Waals surface area (Å²) in [6, 6.07) is 16.3. The number of alkyl halides is 9. The van der Waals surface area contributed by atoms with E-state index in [1.54, 1.807) is 42.2 Å². The van der Waals surface area contributed by atoms with Crippen molar-refractivity contribution >= 4 is 87.1 Å². The monoisotopic (exact) mass is 1040 g/mol. The van der Waals surface area contributed by atoms with Crippen LogP contribution in [0.3, 0.4) is 0 Å². The summed E-state index contributed by atoms with van der Waals surface area (Å²) in [6.45, 7) is 1.79. The molecule has 0 saturated heterocycles. The van der Waals surface area contributed by atoms with Crippen molar-refractivity contribution in [1.82, 2.24) is 5.32 Å². The first-order chi connectivity index (χ1) is 31.2. The third kappa shape index (κ3) is 13.0. The van der Waals surface area contributed by atoms with Crippen LogP contribution in [0.2, 0.25) is 20.1 Å². The lowest BCUT2D eigenvalue weighted by Crippen LogP contribution is -2.42. The Morgan fingerprint density at radius 1 is 0.627 bits per heavy atom. The van der Waals surface area contributed by atoms with Crippen LogP contribution in [0.25, 0.3) is 0 Å².